The molecular formula is C12H17BrN4S. The van der Waals surface area contributed by atoms with Crippen LogP contribution in [0, 0.1) is 0 Å². The molecule has 0 aliphatic rings. The maximum atomic E-state index is 4.60. The van der Waals surface area contributed by atoms with Gasteiger partial charge in [0.2, 0.25) is 0 Å². The molecule has 0 spiro atoms. The van der Waals surface area contributed by atoms with Gasteiger partial charge in [0.1, 0.15) is 5.01 Å². The summed E-state index contributed by atoms with van der Waals surface area (Å²) >= 11 is 5.08. The molecule has 0 aliphatic heterocycles. The molecule has 0 aromatic carbocycles. The summed E-state index contributed by atoms with van der Waals surface area (Å²) in [7, 11) is 0. The summed E-state index contributed by atoms with van der Waals surface area (Å²) in [6.45, 7) is 8.00. The summed E-state index contributed by atoms with van der Waals surface area (Å²) in [5.41, 5.74) is 1.18. The third kappa shape index (κ3) is 4.19. The number of nitrogens with one attached hydrogen (secondary N) is 1. The van der Waals surface area contributed by atoms with Crippen molar-refractivity contribution in [2.75, 3.05) is 0 Å². The Bertz CT molecular complexity index is 512. The minimum Gasteiger partial charge on any atom is -0.306 e. The van der Waals surface area contributed by atoms with Gasteiger partial charge >= 0.3 is 0 Å². The minimum atomic E-state index is 0.124. The van der Waals surface area contributed by atoms with Gasteiger partial charge in [-0.15, -0.1) is 11.3 Å². The number of rotatable bonds is 4. The quantitative estimate of drug-likeness (QED) is 0.938. The van der Waals surface area contributed by atoms with Crippen molar-refractivity contribution in [1.82, 2.24) is 20.1 Å². The van der Waals surface area contributed by atoms with E-state index in [-0.39, 0.29) is 5.54 Å². The molecule has 0 bridgehead atoms. The zero-order chi connectivity index (χ0) is 13.2. The molecule has 4 nitrogen and oxygen atoms in total. The number of hydrogen-bond donors (Lipinski definition) is 1. The summed E-state index contributed by atoms with van der Waals surface area (Å²) in [5.74, 6) is 0. The molecule has 1 N–H and O–H groups in total. The van der Waals surface area contributed by atoms with Gasteiger partial charge in [0.25, 0.3) is 0 Å². The van der Waals surface area contributed by atoms with Gasteiger partial charge in [-0.1, -0.05) is 0 Å². The molecule has 0 saturated heterocycles. The largest absolute Gasteiger partial charge is 0.306 e. The van der Waals surface area contributed by atoms with Gasteiger partial charge in [-0.05, 0) is 36.7 Å². The summed E-state index contributed by atoms with van der Waals surface area (Å²) in [6.07, 6.45) is 3.74. The topological polar surface area (TPSA) is 42.7 Å². The van der Waals surface area contributed by atoms with Crippen molar-refractivity contribution in [3.8, 4) is 0 Å². The maximum Gasteiger partial charge on any atom is 0.107 e. The van der Waals surface area contributed by atoms with Crippen LogP contribution in [-0.4, -0.2) is 20.3 Å². The Balaban J connectivity index is 1.94. The highest BCUT2D eigenvalue weighted by Gasteiger charge is 2.10. The second-order valence-corrected chi connectivity index (χ2v) is 7.05. The van der Waals surface area contributed by atoms with E-state index in [1.54, 1.807) is 17.5 Å². The van der Waals surface area contributed by atoms with E-state index in [1.807, 2.05) is 10.9 Å². The minimum absolute atomic E-state index is 0.124. The van der Waals surface area contributed by atoms with Gasteiger partial charge < -0.3 is 5.32 Å². The Kier molecular flexibility index (Phi) is 4.19. The van der Waals surface area contributed by atoms with Crippen LogP contribution in [0.4, 0.5) is 0 Å². The number of aromatic nitrogens is 3. The first kappa shape index (κ1) is 13.7. The molecular weight excluding hydrogens is 312 g/mol. The highest BCUT2D eigenvalue weighted by molar-refractivity contribution is 9.10. The molecule has 0 amide bonds. The zero-order valence-electron chi connectivity index (χ0n) is 10.8. The van der Waals surface area contributed by atoms with E-state index in [9.17, 15) is 0 Å². The van der Waals surface area contributed by atoms with Crippen LogP contribution in [0.25, 0.3) is 0 Å². The Morgan fingerprint density at radius 1 is 1.44 bits per heavy atom. The van der Waals surface area contributed by atoms with Crippen LogP contribution in [-0.2, 0) is 13.1 Å². The van der Waals surface area contributed by atoms with Crippen molar-refractivity contribution < 1.29 is 0 Å². The molecule has 0 atom stereocenters. The van der Waals surface area contributed by atoms with Crippen LogP contribution in [0.15, 0.2) is 22.2 Å². The monoisotopic (exact) mass is 328 g/mol. The smallest absolute Gasteiger partial charge is 0.107 e. The Morgan fingerprint density at radius 2 is 2.22 bits per heavy atom. The fourth-order valence-electron chi connectivity index (χ4n) is 1.43. The van der Waals surface area contributed by atoms with Crippen molar-refractivity contribution in [2.45, 2.75) is 39.4 Å². The lowest BCUT2D eigenvalue weighted by molar-refractivity contribution is 0.423. The Labute approximate surface area is 120 Å². The lowest BCUT2D eigenvalue weighted by Gasteiger charge is -2.19. The van der Waals surface area contributed by atoms with Crippen molar-refractivity contribution in [3.05, 3.63) is 32.9 Å². The highest BCUT2D eigenvalue weighted by atomic mass is 79.9. The van der Waals surface area contributed by atoms with Gasteiger partial charge in [0.15, 0.2) is 0 Å². The van der Waals surface area contributed by atoms with Crippen molar-refractivity contribution in [1.29, 1.82) is 0 Å². The molecule has 0 radical (unpaired) electrons. The fraction of sp³-hybridized carbons (Fsp3) is 0.500. The fourth-order valence-corrected chi connectivity index (χ4v) is 2.49. The van der Waals surface area contributed by atoms with Crippen LogP contribution in [0.2, 0.25) is 0 Å². The lowest BCUT2D eigenvalue weighted by atomic mass is 10.1. The Hall–Kier alpha value is -0.720. The molecule has 0 fully saturated rings. The standard InChI is InChI=1S/C12H17BrN4S/c1-12(2,3)14-5-11-16-10(8-18-11)7-17-6-9(13)4-15-17/h4,6,8,14H,5,7H2,1-3H3. The van der Waals surface area contributed by atoms with Crippen molar-refractivity contribution in [3.63, 3.8) is 0 Å². The molecule has 2 aromatic rings. The van der Waals surface area contributed by atoms with Gasteiger partial charge in [-0.25, -0.2) is 4.98 Å². The number of hydrogen-bond acceptors (Lipinski definition) is 4. The van der Waals surface area contributed by atoms with Crippen molar-refractivity contribution in [2.24, 2.45) is 0 Å². The number of nitrogens with zero attached hydrogens (tertiary/aromatic N) is 3. The molecule has 2 heterocycles. The van der Waals surface area contributed by atoms with Crippen LogP contribution in [0.5, 0.6) is 0 Å². The third-order valence-corrected chi connectivity index (χ3v) is 3.60. The van der Waals surface area contributed by atoms with Gasteiger partial charge in [-0.2, -0.15) is 5.10 Å². The first-order valence-electron chi connectivity index (χ1n) is 5.79. The molecule has 0 saturated carbocycles. The molecule has 6 heteroatoms. The molecule has 0 unspecified atom stereocenters. The first-order valence-corrected chi connectivity index (χ1v) is 7.46. The molecule has 2 rings (SSSR count). The maximum absolute atomic E-state index is 4.60. The lowest BCUT2D eigenvalue weighted by Crippen LogP contribution is -2.35. The third-order valence-electron chi connectivity index (χ3n) is 2.29. The van der Waals surface area contributed by atoms with Gasteiger partial charge in [0, 0.05) is 23.7 Å². The van der Waals surface area contributed by atoms with Gasteiger partial charge in [0.05, 0.1) is 22.9 Å². The normalized spacial score (nSPS) is 12.0. The first-order chi connectivity index (χ1) is 8.42. The van der Waals surface area contributed by atoms with E-state index >= 15 is 0 Å². The molecule has 18 heavy (non-hydrogen) atoms. The van der Waals surface area contributed by atoms with Gasteiger partial charge in [-0.3, -0.25) is 4.68 Å². The molecule has 2 aromatic heterocycles. The number of thiazole rings is 1. The van der Waals surface area contributed by atoms with E-state index in [4.69, 9.17) is 0 Å². The summed E-state index contributed by atoms with van der Waals surface area (Å²) < 4.78 is 2.87. The summed E-state index contributed by atoms with van der Waals surface area (Å²) in [6, 6.07) is 0. The van der Waals surface area contributed by atoms with Crippen LogP contribution in [0.3, 0.4) is 0 Å². The average Bonchev–Trinajstić information content (AvgIpc) is 2.85. The van der Waals surface area contributed by atoms with E-state index in [2.05, 4.69) is 57.5 Å². The predicted molar refractivity (Wildman–Crippen MR) is 77.7 cm³/mol. The van der Waals surface area contributed by atoms with E-state index in [0.29, 0.717) is 0 Å². The average molecular weight is 329 g/mol. The van der Waals surface area contributed by atoms with Crippen LogP contribution >= 0.6 is 27.3 Å². The zero-order valence-corrected chi connectivity index (χ0v) is 13.2. The summed E-state index contributed by atoms with van der Waals surface area (Å²) in [5, 5.41) is 10.9. The predicted octanol–water partition coefficient (Wildman–Crippen LogP) is 3.04. The highest BCUT2D eigenvalue weighted by Crippen LogP contribution is 2.13. The van der Waals surface area contributed by atoms with Crippen molar-refractivity contribution >= 4 is 27.3 Å². The number of halogens is 1. The van der Waals surface area contributed by atoms with Crippen LogP contribution in [0.1, 0.15) is 31.5 Å². The Morgan fingerprint density at radius 3 is 2.83 bits per heavy atom. The van der Waals surface area contributed by atoms with E-state index < -0.39 is 0 Å². The van der Waals surface area contributed by atoms with E-state index in [1.165, 1.54) is 0 Å². The second-order valence-electron chi connectivity index (χ2n) is 5.19. The van der Waals surface area contributed by atoms with Crippen LogP contribution < -0.4 is 5.32 Å². The molecule has 0 aliphatic carbocycles. The second kappa shape index (κ2) is 5.50. The molecule has 98 valence electrons. The summed E-state index contributed by atoms with van der Waals surface area (Å²) in [4.78, 5) is 4.60. The van der Waals surface area contributed by atoms with E-state index in [0.717, 1.165) is 28.3 Å². The SMILES string of the molecule is CC(C)(C)NCc1nc(Cn2cc(Br)cn2)cs1.